The highest BCUT2D eigenvalue weighted by Crippen LogP contribution is 2.22. The Balaban J connectivity index is 1.66. The molecule has 3 aromatic rings. The summed E-state index contributed by atoms with van der Waals surface area (Å²) in [7, 11) is 0. The van der Waals surface area contributed by atoms with Crippen LogP contribution in [0.15, 0.2) is 59.9 Å². The monoisotopic (exact) mass is 498 g/mol. The van der Waals surface area contributed by atoms with Crippen molar-refractivity contribution in [2.45, 2.75) is 25.4 Å². The first-order chi connectivity index (χ1) is 16.8. The molecule has 0 spiro atoms. The molecule has 3 rings (SSSR count). The fourth-order valence-electron chi connectivity index (χ4n) is 3.39. The van der Waals surface area contributed by atoms with Gasteiger partial charge in [-0.2, -0.15) is 0 Å². The first-order valence-corrected chi connectivity index (χ1v) is 12.2. The minimum absolute atomic E-state index is 0.105. The lowest BCUT2D eigenvalue weighted by atomic mass is 10.2. The van der Waals surface area contributed by atoms with Crippen molar-refractivity contribution < 1.29 is 23.5 Å². The predicted octanol–water partition coefficient (Wildman–Crippen LogP) is 4.08. The van der Waals surface area contributed by atoms with E-state index in [9.17, 15) is 18.8 Å². The van der Waals surface area contributed by atoms with Crippen LogP contribution in [0.3, 0.4) is 0 Å². The fourth-order valence-corrected chi connectivity index (χ4v) is 3.94. The van der Waals surface area contributed by atoms with E-state index in [1.165, 1.54) is 51.7 Å². The minimum atomic E-state index is -0.753. The average molecular weight is 499 g/mol. The summed E-state index contributed by atoms with van der Waals surface area (Å²) in [4.78, 5) is 43.7. The highest BCUT2D eigenvalue weighted by atomic mass is 32.2. The number of ether oxygens (including phenoxy) is 1. The van der Waals surface area contributed by atoms with Gasteiger partial charge in [0.05, 0.1) is 12.7 Å². The molecule has 0 saturated carbocycles. The van der Waals surface area contributed by atoms with Gasteiger partial charge in [-0.3, -0.25) is 14.2 Å². The lowest BCUT2D eigenvalue weighted by molar-refractivity contribution is -0.137. The molecule has 0 radical (unpaired) electrons. The second-order valence-corrected chi connectivity index (χ2v) is 8.47. The summed E-state index contributed by atoms with van der Waals surface area (Å²) in [6.07, 6.45) is 3.78. The summed E-state index contributed by atoms with van der Waals surface area (Å²) in [5, 5.41) is 3.31. The van der Waals surface area contributed by atoms with E-state index < -0.39 is 24.3 Å². The number of aromatic nitrogens is 2. The molecular weight excluding hydrogens is 471 g/mol. The number of nitrogens with one attached hydrogen (secondary N) is 1. The van der Waals surface area contributed by atoms with E-state index >= 15 is 0 Å². The fraction of sp³-hybridized carbons (Fsp3) is 0.280. The van der Waals surface area contributed by atoms with Crippen LogP contribution in [0, 0.1) is 12.7 Å². The molecule has 184 valence electrons. The molecule has 2 aromatic carbocycles. The van der Waals surface area contributed by atoms with Crippen LogP contribution in [0.2, 0.25) is 0 Å². The van der Waals surface area contributed by atoms with Gasteiger partial charge in [-0.05, 0) is 55.5 Å². The topological polar surface area (TPSA) is 93.5 Å². The van der Waals surface area contributed by atoms with E-state index in [2.05, 4.69) is 10.3 Å². The van der Waals surface area contributed by atoms with Gasteiger partial charge >= 0.3 is 5.97 Å². The van der Waals surface area contributed by atoms with Crippen LogP contribution in [0.25, 0.3) is 5.69 Å². The number of benzene rings is 2. The second-order valence-electron chi connectivity index (χ2n) is 7.70. The Hall–Kier alpha value is -3.66. The summed E-state index contributed by atoms with van der Waals surface area (Å²) >= 11 is 1.31. The molecule has 0 aliphatic heterocycles. The maximum atomic E-state index is 13.4. The van der Waals surface area contributed by atoms with Gasteiger partial charge in [-0.15, -0.1) is 0 Å². The first kappa shape index (κ1) is 26.0. The maximum Gasteiger partial charge on any atom is 0.357 e. The normalized spacial score (nSPS) is 10.6. The van der Waals surface area contributed by atoms with Crippen molar-refractivity contribution in [1.29, 1.82) is 0 Å². The van der Waals surface area contributed by atoms with Crippen LogP contribution in [-0.2, 0) is 14.3 Å². The van der Waals surface area contributed by atoms with E-state index in [-0.39, 0.29) is 18.1 Å². The number of para-hydroxylation sites is 1. The van der Waals surface area contributed by atoms with Crippen LogP contribution >= 0.6 is 11.8 Å². The highest BCUT2D eigenvalue weighted by Gasteiger charge is 2.22. The number of esters is 1. The molecule has 8 nitrogen and oxygen atoms in total. The van der Waals surface area contributed by atoms with Crippen molar-refractivity contribution >= 4 is 35.2 Å². The molecule has 0 aliphatic rings. The number of hydrogen-bond donors (Lipinski definition) is 1. The van der Waals surface area contributed by atoms with Gasteiger partial charge < -0.3 is 15.0 Å². The number of aryl methyl sites for hydroxylation is 1. The first-order valence-electron chi connectivity index (χ1n) is 11.0. The Morgan fingerprint density at radius 2 is 1.86 bits per heavy atom. The number of hydrogen-bond acceptors (Lipinski definition) is 6. The van der Waals surface area contributed by atoms with Crippen LogP contribution in [0.5, 0.6) is 0 Å². The number of carbonyl (C=O) groups excluding carboxylic acids is 3. The van der Waals surface area contributed by atoms with Gasteiger partial charge in [-0.1, -0.05) is 36.9 Å². The molecule has 0 unspecified atom stereocenters. The summed E-state index contributed by atoms with van der Waals surface area (Å²) in [5.74, 6) is -1.99. The van der Waals surface area contributed by atoms with Crippen molar-refractivity contribution in [2.75, 3.05) is 31.3 Å². The zero-order chi connectivity index (χ0) is 25.4. The Kier molecular flexibility index (Phi) is 9.02. The van der Waals surface area contributed by atoms with Gasteiger partial charge in [0.25, 0.3) is 5.91 Å². The van der Waals surface area contributed by atoms with Gasteiger partial charge in [0, 0.05) is 17.9 Å². The van der Waals surface area contributed by atoms with Crippen LogP contribution in [-0.4, -0.2) is 58.2 Å². The molecule has 1 aromatic heterocycles. The van der Waals surface area contributed by atoms with Crippen molar-refractivity contribution in [3.8, 4) is 5.69 Å². The minimum Gasteiger partial charge on any atom is -0.451 e. The van der Waals surface area contributed by atoms with Crippen molar-refractivity contribution in [2.24, 2.45) is 0 Å². The Morgan fingerprint density at radius 3 is 2.51 bits per heavy atom. The van der Waals surface area contributed by atoms with E-state index in [1.807, 2.05) is 32.0 Å². The summed E-state index contributed by atoms with van der Waals surface area (Å²) in [5.41, 5.74) is 2.22. The number of imidazole rings is 1. The largest absolute Gasteiger partial charge is 0.451 e. The van der Waals surface area contributed by atoms with E-state index in [0.717, 1.165) is 5.56 Å². The zero-order valence-electron chi connectivity index (χ0n) is 19.8. The molecule has 0 saturated heterocycles. The number of amides is 2. The summed E-state index contributed by atoms with van der Waals surface area (Å²) in [6, 6.07) is 13.0. The number of carbonyl (C=O) groups is 3. The number of halogens is 1. The smallest absolute Gasteiger partial charge is 0.357 e. The molecule has 0 fully saturated rings. The number of thioether (sulfide) groups is 1. The average Bonchev–Trinajstić information content (AvgIpc) is 3.28. The molecule has 0 aliphatic carbocycles. The van der Waals surface area contributed by atoms with Crippen molar-refractivity contribution in [3.05, 3.63) is 71.8 Å². The number of rotatable bonds is 10. The number of nitrogens with zero attached hydrogens (tertiary/aromatic N) is 3. The van der Waals surface area contributed by atoms with Crippen LogP contribution in [0.4, 0.5) is 10.1 Å². The van der Waals surface area contributed by atoms with Gasteiger partial charge in [0.15, 0.2) is 17.5 Å². The van der Waals surface area contributed by atoms with E-state index in [4.69, 9.17) is 4.74 Å². The van der Waals surface area contributed by atoms with Gasteiger partial charge in [0.1, 0.15) is 5.82 Å². The van der Waals surface area contributed by atoms with Crippen molar-refractivity contribution in [3.63, 3.8) is 0 Å². The molecule has 35 heavy (non-hydrogen) atoms. The lowest BCUT2D eigenvalue weighted by Crippen LogP contribution is -2.41. The molecule has 0 bridgehead atoms. The molecule has 10 heteroatoms. The third kappa shape index (κ3) is 6.69. The van der Waals surface area contributed by atoms with Gasteiger partial charge in [0.2, 0.25) is 5.91 Å². The summed E-state index contributed by atoms with van der Waals surface area (Å²) < 4.78 is 20.2. The Labute approximate surface area is 207 Å². The zero-order valence-corrected chi connectivity index (χ0v) is 20.6. The SMILES string of the molecule is CCCN(CC(=O)Nc1ccccc1C)C(=O)COC(=O)c1cnc(SC)n1-c1ccc(F)cc1. The van der Waals surface area contributed by atoms with Crippen molar-refractivity contribution in [1.82, 2.24) is 14.5 Å². The lowest BCUT2D eigenvalue weighted by Gasteiger charge is -2.21. The highest BCUT2D eigenvalue weighted by molar-refractivity contribution is 7.98. The third-order valence-electron chi connectivity index (χ3n) is 5.13. The maximum absolute atomic E-state index is 13.4. The molecule has 1 N–H and O–H groups in total. The van der Waals surface area contributed by atoms with Crippen LogP contribution < -0.4 is 5.32 Å². The quantitative estimate of drug-likeness (QED) is 0.335. The standard InChI is InChI=1S/C25H27FN4O4S/c1-4-13-29(15-22(31)28-20-8-6-5-7-17(20)2)23(32)16-34-24(33)21-14-27-25(35-3)30(21)19-11-9-18(26)10-12-19/h5-12,14H,4,13,15-16H2,1-3H3,(H,28,31). The Bertz CT molecular complexity index is 1200. The van der Waals surface area contributed by atoms with Crippen LogP contribution in [0.1, 0.15) is 29.4 Å². The molecule has 0 atom stereocenters. The molecular formula is C25H27FN4O4S. The third-order valence-corrected chi connectivity index (χ3v) is 5.79. The Morgan fingerprint density at radius 1 is 1.14 bits per heavy atom. The molecule has 2 amide bonds. The van der Waals surface area contributed by atoms with E-state index in [1.54, 1.807) is 12.3 Å². The number of anilines is 1. The molecule has 1 heterocycles. The summed E-state index contributed by atoms with van der Waals surface area (Å²) in [6.45, 7) is 3.41. The second kappa shape index (κ2) is 12.2. The predicted molar refractivity (Wildman–Crippen MR) is 132 cm³/mol. The van der Waals surface area contributed by atoms with E-state index in [0.29, 0.717) is 29.5 Å². The van der Waals surface area contributed by atoms with Gasteiger partial charge in [-0.25, -0.2) is 14.2 Å².